The van der Waals surface area contributed by atoms with Gasteiger partial charge in [0.15, 0.2) is 0 Å². The topological polar surface area (TPSA) is 81.0 Å². The molecule has 19 heavy (non-hydrogen) atoms. The first-order valence-corrected chi connectivity index (χ1v) is 7.25. The third-order valence-corrected chi connectivity index (χ3v) is 4.79. The average Bonchev–Trinajstić information content (AvgIpc) is 2.34. The molecule has 0 spiro atoms. The lowest BCUT2D eigenvalue weighted by Crippen LogP contribution is -2.51. The Hall–Kier alpha value is -0.650. The van der Waals surface area contributed by atoms with Crippen molar-refractivity contribution in [1.82, 2.24) is 4.90 Å². The molecule has 0 aromatic rings. The van der Waals surface area contributed by atoms with Gasteiger partial charge in [-0.05, 0) is 44.6 Å². The maximum Gasteiger partial charge on any atom is 0.306 e. The molecule has 1 aliphatic carbocycles. The predicted molar refractivity (Wildman–Crippen MR) is 70.8 cm³/mol. The third-order valence-electron chi connectivity index (χ3n) is 4.79. The van der Waals surface area contributed by atoms with Crippen LogP contribution in [0.5, 0.6) is 0 Å². The van der Waals surface area contributed by atoms with Crippen LogP contribution in [0.15, 0.2) is 0 Å². The number of piperidine rings is 1. The lowest BCUT2D eigenvalue weighted by atomic mass is 9.78. The van der Waals surface area contributed by atoms with Crippen LogP contribution in [-0.4, -0.2) is 57.5 Å². The van der Waals surface area contributed by atoms with E-state index < -0.39 is 11.6 Å². The van der Waals surface area contributed by atoms with Crippen molar-refractivity contribution < 1.29 is 20.1 Å². The Labute approximate surface area is 114 Å². The van der Waals surface area contributed by atoms with Crippen molar-refractivity contribution in [3.05, 3.63) is 0 Å². The number of carbonyl (C=O) groups is 1. The SMILES string of the molecule is CC1CCN(CC2(O)CCC(C(=O)O)CC2)CC1O. The van der Waals surface area contributed by atoms with Crippen LogP contribution in [0.4, 0.5) is 0 Å². The maximum atomic E-state index is 10.9. The number of aliphatic hydroxyl groups is 2. The predicted octanol–water partition coefficient (Wildman–Crippen LogP) is 0.695. The quantitative estimate of drug-likeness (QED) is 0.704. The molecular weight excluding hydrogens is 246 g/mol. The van der Waals surface area contributed by atoms with Crippen molar-refractivity contribution in [3.8, 4) is 0 Å². The van der Waals surface area contributed by atoms with Gasteiger partial charge in [-0.25, -0.2) is 0 Å². The molecule has 3 N–H and O–H groups in total. The standard InChI is InChI=1S/C14H25NO4/c1-10-4-7-15(8-12(10)16)9-14(19)5-2-11(3-6-14)13(17)18/h10-12,16,19H,2-9H2,1H3,(H,17,18). The van der Waals surface area contributed by atoms with E-state index in [9.17, 15) is 15.0 Å². The fourth-order valence-corrected chi connectivity index (χ4v) is 3.23. The summed E-state index contributed by atoms with van der Waals surface area (Å²) in [5.74, 6) is -0.717. The molecule has 5 nitrogen and oxygen atoms in total. The second-order valence-corrected chi connectivity index (χ2v) is 6.41. The molecule has 1 saturated carbocycles. The van der Waals surface area contributed by atoms with Gasteiger partial charge in [-0.15, -0.1) is 0 Å². The van der Waals surface area contributed by atoms with E-state index in [0.717, 1.165) is 13.0 Å². The highest BCUT2D eigenvalue weighted by Gasteiger charge is 2.38. The van der Waals surface area contributed by atoms with Crippen molar-refractivity contribution in [2.75, 3.05) is 19.6 Å². The summed E-state index contributed by atoms with van der Waals surface area (Å²) < 4.78 is 0. The van der Waals surface area contributed by atoms with E-state index >= 15 is 0 Å². The molecular formula is C14H25NO4. The van der Waals surface area contributed by atoms with Gasteiger partial charge >= 0.3 is 5.97 Å². The van der Waals surface area contributed by atoms with E-state index in [1.54, 1.807) is 0 Å². The average molecular weight is 271 g/mol. The van der Waals surface area contributed by atoms with Gasteiger partial charge in [0.1, 0.15) is 0 Å². The molecule has 2 rings (SSSR count). The summed E-state index contributed by atoms with van der Waals surface area (Å²) >= 11 is 0. The summed E-state index contributed by atoms with van der Waals surface area (Å²) in [6, 6.07) is 0. The second-order valence-electron chi connectivity index (χ2n) is 6.41. The van der Waals surface area contributed by atoms with Crippen molar-refractivity contribution in [2.24, 2.45) is 11.8 Å². The smallest absolute Gasteiger partial charge is 0.306 e. The van der Waals surface area contributed by atoms with Gasteiger partial charge in [0.2, 0.25) is 0 Å². The zero-order valence-electron chi connectivity index (χ0n) is 11.6. The Morgan fingerprint density at radius 1 is 1.32 bits per heavy atom. The van der Waals surface area contributed by atoms with Gasteiger partial charge in [0, 0.05) is 13.1 Å². The second kappa shape index (κ2) is 5.77. The molecule has 1 saturated heterocycles. The van der Waals surface area contributed by atoms with Crippen LogP contribution in [0, 0.1) is 11.8 Å². The minimum Gasteiger partial charge on any atom is -0.481 e. The zero-order chi connectivity index (χ0) is 14.0. The summed E-state index contributed by atoms with van der Waals surface area (Å²) in [7, 11) is 0. The van der Waals surface area contributed by atoms with Crippen LogP contribution in [-0.2, 0) is 4.79 Å². The van der Waals surface area contributed by atoms with E-state index in [0.29, 0.717) is 44.7 Å². The van der Waals surface area contributed by atoms with Crippen LogP contribution < -0.4 is 0 Å². The van der Waals surface area contributed by atoms with Crippen molar-refractivity contribution in [2.45, 2.75) is 50.7 Å². The molecule has 110 valence electrons. The molecule has 0 aromatic heterocycles. The highest BCUT2D eigenvalue weighted by atomic mass is 16.4. The van der Waals surface area contributed by atoms with Gasteiger partial charge in [0.05, 0.1) is 17.6 Å². The number of hydrogen-bond donors (Lipinski definition) is 3. The Morgan fingerprint density at radius 3 is 2.47 bits per heavy atom. The Bertz CT molecular complexity index is 325. The van der Waals surface area contributed by atoms with E-state index in [-0.39, 0.29) is 12.0 Å². The summed E-state index contributed by atoms with van der Waals surface area (Å²) in [6.45, 7) is 4.13. The number of carboxylic acids is 1. The van der Waals surface area contributed by atoms with Crippen molar-refractivity contribution in [3.63, 3.8) is 0 Å². The lowest BCUT2D eigenvalue weighted by molar-refractivity contribution is -0.145. The van der Waals surface area contributed by atoms with Gasteiger partial charge in [0.25, 0.3) is 0 Å². The van der Waals surface area contributed by atoms with E-state index in [2.05, 4.69) is 11.8 Å². The molecule has 2 unspecified atom stereocenters. The van der Waals surface area contributed by atoms with Crippen LogP contribution in [0.3, 0.4) is 0 Å². The minimum absolute atomic E-state index is 0.299. The van der Waals surface area contributed by atoms with E-state index in [1.807, 2.05) is 0 Å². The molecule has 5 heteroatoms. The normalized spacial score (nSPS) is 41.1. The van der Waals surface area contributed by atoms with Gasteiger partial charge in [-0.2, -0.15) is 0 Å². The number of hydrogen-bond acceptors (Lipinski definition) is 4. The van der Waals surface area contributed by atoms with E-state index in [4.69, 9.17) is 5.11 Å². The Kier molecular flexibility index (Phi) is 4.48. The van der Waals surface area contributed by atoms with Crippen LogP contribution in [0.25, 0.3) is 0 Å². The Morgan fingerprint density at radius 2 is 1.95 bits per heavy atom. The fourth-order valence-electron chi connectivity index (χ4n) is 3.23. The van der Waals surface area contributed by atoms with Crippen LogP contribution in [0.2, 0.25) is 0 Å². The minimum atomic E-state index is -0.772. The van der Waals surface area contributed by atoms with Gasteiger partial charge in [-0.1, -0.05) is 6.92 Å². The number of aliphatic carboxylic acids is 1. The largest absolute Gasteiger partial charge is 0.481 e. The molecule has 1 heterocycles. The molecule has 0 amide bonds. The van der Waals surface area contributed by atoms with Crippen molar-refractivity contribution in [1.29, 1.82) is 0 Å². The van der Waals surface area contributed by atoms with Crippen LogP contribution in [0.1, 0.15) is 39.0 Å². The summed E-state index contributed by atoms with van der Waals surface area (Å²) in [5, 5.41) is 29.4. The maximum absolute atomic E-state index is 10.9. The Balaban J connectivity index is 1.84. The first kappa shape index (κ1) is 14.8. The summed E-state index contributed by atoms with van der Waals surface area (Å²) in [5.41, 5.74) is -0.772. The number of carboxylic acid groups (broad SMARTS) is 1. The van der Waals surface area contributed by atoms with Crippen LogP contribution >= 0.6 is 0 Å². The number of nitrogens with zero attached hydrogens (tertiary/aromatic N) is 1. The lowest BCUT2D eigenvalue weighted by Gasteiger charge is -2.42. The number of likely N-dealkylation sites (tertiary alicyclic amines) is 1. The first-order chi connectivity index (χ1) is 8.89. The number of aliphatic hydroxyl groups excluding tert-OH is 1. The fraction of sp³-hybridized carbons (Fsp3) is 0.929. The molecule has 1 aliphatic heterocycles. The van der Waals surface area contributed by atoms with Gasteiger partial charge < -0.3 is 15.3 Å². The highest BCUT2D eigenvalue weighted by molar-refractivity contribution is 5.70. The first-order valence-electron chi connectivity index (χ1n) is 7.25. The molecule has 2 fully saturated rings. The van der Waals surface area contributed by atoms with Crippen molar-refractivity contribution >= 4 is 5.97 Å². The highest BCUT2D eigenvalue weighted by Crippen LogP contribution is 2.33. The molecule has 0 radical (unpaired) electrons. The van der Waals surface area contributed by atoms with E-state index in [1.165, 1.54) is 0 Å². The third kappa shape index (κ3) is 3.68. The summed E-state index contributed by atoms with van der Waals surface area (Å²) in [4.78, 5) is 13.0. The zero-order valence-corrected chi connectivity index (χ0v) is 11.6. The van der Waals surface area contributed by atoms with Gasteiger partial charge in [-0.3, -0.25) is 9.69 Å². The molecule has 0 aromatic carbocycles. The molecule has 2 atom stereocenters. The molecule has 2 aliphatic rings. The molecule has 0 bridgehead atoms. The number of rotatable bonds is 3. The number of β-amino-alcohol motifs (C(OH)–C–C–N with tert-alkyl or cyclic N) is 2. The monoisotopic (exact) mass is 271 g/mol. The summed E-state index contributed by atoms with van der Waals surface area (Å²) in [6.07, 6.45) is 2.84.